The van der Waals surface area contributed by atoms with Gasteiger partial charge in [-0.2, -0.15) is 0 Å². The lowest BCUT2D eigenvalue weighted by Crippen LogP contribution is -2.30. The lowest BCUT2D eigenvalue weighted by atomic mass is 10.1. The highest BCUT2D eigenvalue weighted by Crippen LogP contribution is 2.11. The highest BCUT2D eigenvalue weighted by atomic mass is 16.5. The molecular formula is C14H21NO3. The second-order valence-electron chi connectivity index (χ2n) is 4.27. The van der Waals surface area contributed by atoms with Gasteiger partial charge in [0.25, 0.3) is 0 Å². The van der Waals surface area contributed by atoms with E-state index in [9.17, 15) is 4.79 Å². The van der Waals surface area contributed by atoms with Crippen LogP contribution in [-0.4, -0.2) is 32.8 Å². The fourth-order valence-electron chi connectivity index (χ4n) is 1.60. The van der Waals surface area contributed by atoms with Crippen LogP contribution in [0, 0.1) is 13.8 Å². The van der Waals surface area contributed by atoms with Crippen LogP contribution >= 0.6 is 0 Å². The third-order valence-corrected chi connectivity index (χ3v) is 2.62. The molecule has 0 aliphatic rings. The van der Waals surface area contributed by atoms with Crippen molar-refractivity contribution in [1.82, 2.24) is 5.32 Å². The predicted octanol–water partition coefficient (Wildman–Crippen LogP) is 1.58. The summed E-state index contributed by atoms with van der Waals surface area (Å²) in [5.41, 5.74) is 3.54. The molecule has 0 aliphatic carbocycles. The van der Waals surface area contributed by atoms with Crippen molar-refractivity contribution in [1.29, 1.82) is 0 Å². The molecular weight excluding hydrogens is 230 g/mol. The number of amides is 1. The van der Waals surface area contributed by atoms with Gasteiger partial charge in [-0.1, -0.05) is 23.8 Å². The summed E-state index contributed by atoms with van der Waals surface area (Å²) in [7, 11) is 1.60. The topological polar surface area (TPSA) is 47.6 Å². The van der Waals surface area contributed by atoms with E-state index in [0.717, 1.165) is 5.56 Å². The molecule has 0 heterocycles. The number of carbonyl (C=O) groups excluding carboxylic acids is 1. The third-order valence-electron chi connectivity index (χ3n) is 2.62. The lowest BCUT2D eigenvalue weighted by molar-refractivity contribution is -0.126. The Morgan fingerprint density at radius 2 is 2.11 bits per heavy atom. The van der Waals surface area contributed by atoms with E-state index in [4.69, 9.17) is 9.47 Å². The molecule has 0 unspecified atom stereocenters. The largest absolute Gasteiger partial charge is 0.383 e. The zero-order valence-corrected chi connectivity index (χ0v) is 11.3. The molecule has 4 nitrogen and oxygen atoms in total. The number of methoxy groups -OCH3 is 1. The predicted molar refractivity (Wildman–Crippen MR) is 70.5 cm³/mol. The van der Waals surface area contributed by atoms with Gasteiger partial charge in [-0.3, -0.25) is 4.79 Å². The molecule has 0 saturated carbocycles. The molecule has 1 aromatic rings. The second kappa shape index (κ2) is 7.84. The van der Waals surface area contributed by atoms with Gasteiger partial charge < -0.3 is 14.8 Å². The Hall–Kier alpha value is -1.39. The molecule has 1 amide bonds. The van der Waals surface area contributed by atoms with E-state index < -0.39 is 0 Å². The minimum Gasteiger partial charge on any atom is -0.383 e. The van der Waals surface area contributed by atoms with Crippen LogP contribution in [0.3, 0.4) is 0 Å². The molecule has 0 atom stereocenters. The molecule has 0 radical (unpaired) electrons. The van der Waals surface area contributed by atoms with Gasteiger partial charge in [0.2, 0.25) is 5.91 Å². The summed E-state index contributed by atoms with van der Waals surface area (Å²) in [5.74, 6) is -0.114. The first-order chi connectivity index (χ1) is 8.63. The van der Waals surface area contributed by atoms with Crippen LogP contribution in [0.5, 0.6) is 0 Å². The molecule has 0 spiro atoms. The maximum atomic E-state index is 11.4. The van der Waals surface area contributed by atoms with Crippen LogP contribution in [0.2, 0.25) is 0 Å². The van der Waals surface area contributed by atoms with Crippen molar-refractivity contribution in [2.45, 2.75) is 20.5 Å². The summed E-state index contributed by atoms with van der Waals surface area (Å²) in [6.07, 6.45) is 0. The number of benzene rings is 1. The Morgan fingerprint density at radius 1 is 1.33 bits per heavy atom. The molecule has 0 aliphatic heterocycles. The maximum absolute atomic E-state index is 11.4. The van der Waals surface area contributed by atoms with Crippen molar-refractivity contribution in [2.75, 3.05) is 26.9 Å². The summed E-state index contributed by atoms with van der Waals surface area (Å²) in [4.78, 5) is 11.4. The number of hydrogen-bond acceptors (Lipinski definition) is 3. The summed E-state index contributed by atoms with van der Waals surface area (Å²) in [6, 6.07) is 6.19. The van der Waals surface area contributed by atoms with Crippen LogP contribution in [-0.2, 0) is 20.9 Å². The van der Waals surface area contributed by atoms with Crippen LogP contribution < -0.4 is 5.32 Å². The summed E-state index contributed by atoms with van der Waals surface area (Å²) < 4.78 is 10.2. The minimum absolute atomic E-state index is 0.0804. The Balaban J connectivity index is 2.26. The van der Waals surface area contributed by atoms with E-state index in [2.05, 4.69) is 18.3 Å². The fourth-order valence-corrected chi connectivity index (χ4v) is 1.60. The average Bonchev–Trinajstić information content (AvgIpc) is 2.32. The average molecular weight is 251 g/mol. The minimum atomic E-state index is -0.114. The molecule has 1 rings (SSSR count). The van der Waals surface area contributed by atoms with Gasteiger partial charge in [0.05, 0.1) is 13.2 Å². The first-order valence-electron chi connectivity index (χ1n) is 6.03. The van der Waals surface area contributed by atoms with E-state index in [1.165, 1.54) is 11.1 Å². The van der Waals surface area contributed by atoms with E-state index in [-0.39, 0.29) is 12.5 Å². The number of ether oxygens (including phenoxy) is 2. The number of hydrogen-bond donors (Lipinski definition) is 1. The van der Waals surface area contributed by atoms with Crippen LogP contribution in [0.25, 0.3) is 0 Å². The number of nitrogens with one attached hydrogen (secondary N) is 1. The summed E-state index contributed by atoms with van der Waals surface area (Å²) in [5, 5.41) is 2.70. The molecule has 0 aromatic heterocycles. The van der Waals surface area contributed by atoms with Gasteiger partial charge in [-0.15, -0.1) is 0 Å². The van der Waals surface area contributed by atoms with Crippen molar-refractivity contribution in [3.05, 3.63) is 34.9 Å². The molecule has 18 heavy (non-hydrogen) atoms. The molecule has 0 saturated heterocycles. The molecule has 1 aromatic carbocycles. The SMILES string of the molecule is COCCNC(=O)COCc1ccc(C)cc1C. The Morgan fingerprint density at radius 3 is 2.78 bits per heavy atom. The van der Waals surface area contributed by atoms with Crippen LogP contribution in [0.4, 0.5) is 0 Å². The monoisotopic (exact) mass is 251 g/mol. The molecule has 1 N–H and O–H groups in total. The Kier molecular flexibility index (Phi) is 6.39. The van der Waals surface area contributed by atoms with Gasteiger partial charge >= 0.3 is 0 Å². The fraction of sp³-hybridized carbons (Fsp3) is 0.500. The highest BCUT2D eigenvalue weighted by Gasteiger charge is 2.02. The molecule has 0 fully saturated rings. The van der Waals surface area contributed by atoms with E-state index in [0.29, 0.717) is 19.8 Å². The second-order valence-corrected chi connectivity index (χ2v) is 4.27. The number of rotatable bonds is 7. The maximum Gasteiger partial charge on any atom is 0.246 e. The third kappa shape index (κ3) is 5.29. The van der Waals surface area contributed by atoms with Crippen LogP contribution in [0.15, 0.2) is 18.2 Å². The van der Waals surface area contributed by atoms with E-state index >= 15 is 0 Å². The molecule has 4 heteroatoms. The van der Waals surface area contributed by atoms with Gasteiger partial charge in [0, 0.05) is 13.7 Å². The van der Waals surface area contributed by atoms with Crippen molar-refractivity contribution in [2.24, 2.45) is 0 Å². The zero-order valence-electron chi connectivity index (χ0n) is 11.3. The zero-order chi connectivity index (χ0) is 13.4. The summed E-state index contributed by atoms with van der Waals surface area (Å²) >= 11 is 0. The lowest BCUT2D eigenvalue weighted by Gasteiger charge is -2.08. The first kappa shape index (κ1) is 14.7. The summed E-state index contributed by atoms with van der Waals surface area (Å²) in [6.45, 7) is 5.68. The van der Waals surface area contributed by atoms with Gasteiger partial charge in [-0.25, -0.2) is 0 Å². The number of aryl methyl sites for hydroxylation is 2. The highest BCUT2D eigenvalue weighted by molar-refractivity contribution is 5.77. The van der Waals surface area contributed by atoms with Crippen molar-refractivity contribution in [3.63, 3.8) is 0 Å². The standard InChI is InChI=1S/C14H21NO3/c1-11-4-5-13(12(2)8-11)9-18-10-14(16)15-6-7-17-3/h4-5,8H,6-7,9-10H2,1-3H3,(H,15,16). The van der Waals surface area contributed by atoms with Crippen molar-refractivity contribution >= 4 is 5.91 Å². The van der Waals surface area contributed by atoms with Crippen LogP contribution in [0.1, 0.15) is 16.7 Å². The quantitative estimate of drug-likeness (QED) is 0.748. The van der Waals surface area contributed by atoms with E-state index in [1.54, 1.807) is 7.11 Å². The van der Waals surface area contributed by atoms with Crippen molar-refractivity contribution < 1.29 is 14.3 Å². The first-order valence-corrected chi connectivity index (χ1v) is 6.03. The van der Waals surface area contributed by atoms with Gasteiger partial charge in [0.1, 0.15) is 6.61 Å². The normalized spacial score (nSPS) is 10.4. The van der Waals surface area contributed by atoms with Gasteiger partial charge in [-0.05, 0) is 25.0 Å². The van der Waals surface area contributed by atoms with E-state index in [1.807, 2.05) is 19.1 Å². The smallest absolute Gasteiger partial charge is 0.246 e. The molecule has 100 valence electrons. The van der Waals surface area contributed by atoms with Crippen molar-refractivity contribution in [3.8, 4) is 0 Å². The van der Waals surface area contributed by atoms with Gasteiger partial charge in [0.15, 0.2) is 0 Å². The Bertz CT molecular complexity index is 391. The number of carbonyl (C=O) groups is 1. The molecule has 0 bridgehead atoms. The Labute approximate surface area is 108 Å².